The van der Waals surface area contributed by atoms with Crippen molar-refractivity contribution < 1.29 is 9.32 Å². The van der Waals surface area contributed by atoms with Crippen molar-refractivity contribution in [3.05, 3.63) is 56.4 Å². The topological polar surface area (TPSA) is 76.2 Å². The van der Waals surface area contributed by atoms with Crippen molar-refractivity contribution in [1.82, 2.24) is 25.2 Å². The number of aromatic nitrogens is 3. The predicted molar refractivity (Wildman–Crippen MR) is 112 cm³/mol. The van der Waals surface area contributed by atoms with Crippen LogP contribution < -0.4 is 5.32 Å². The highest BCUT2D eigenvalue weighted by Gasteiger charge is 2.26. The number of thiophene rings is 1. The summed E-state index contributed by atoms with van der Waals surface area (Å²) in [4.78, 5) is 16.7. The summed E-state index contributed by atoms with van der Waals surface area (Å²) in [5, 5.41) is 13.5. The zero-order chi connectivity index (χ0) is 20.5. The fourth-order valence-electron chi connectivity index (χ4n) is 3.94. The molecule has 3 aromatic heterocycles. The number of hydrogen-bond acceptors (Lipinski definition) is 6. The predicted octanol–water partition coefficient (Wildman–Crippen LogP) is 3.53. The van der Waals surface area contributed by atoms with E-state index in [2.05, 4.69) is 27.4 Å². The average molecular weight is 414 g/mol. The second kappa shape index (κ2) is 8.12. The molecule has 0 radical (unpaired) electrons. The molecular weight excluding hydrogens is 386 g/mol. The van der Waals surface area contributed by atoms with Crippen molar-refractivity contribution in [2.24, 2.45) is 7.05 Å². The summed E-state index contributed by atoms with van der Waals surface area (Å²) in [5.41, 5.74) is 5.19. The lowest BCUT2D eigenvalue weighted by atomic mass is 10.0. The van der Waals surface area contributed by atoms with Gasteiger partial charge in [-0.2, -0.15) is 5.10 Å². The highest BCUT2D eigenvalue weighted by Crippen LogP contribution is 2.30. The summed E-state index contributed by atoms with van der Waals surface area (Å²) < 4.78 is 7.06. The van der Waals surface area contributed by atoms with Gasteiger partial charge in [0.25, 0.3) is 5.91 Å². The maximum Gasteiger partial charge on any atom is 0.252 e. The van der Waals surface area contributed by atoms with Gasteiger partial charge in [0.2, 0.25) is 0 Å². The molecule has 154 valence electrons. The molecule has 0 fully saturated rings. The van der Waals surface area contributed by atoms with Gasteiger partial charge in [-0.25, -0.2) is 0 Å². The van der Waals surface area contributed by atoms with Crippen molar-refractivity contribution in [2.75, 3.05) is 6.54 Å². The van der Waals surface area contributed by atoms with E-state index in [-0.39, 0.29) is 11.9 Å². The van der Waals surface area contributed by atoms with Gasteiger partial charge in [0.05, 0.1) is 23.5 Å². The molecule has 0 saturated heterocycles. The summed E-state index contributed by atoms with van der Waals surface area (Å²) in [5.74, 6) is 0.901. The van der Waals surface area contributed by atoms with E-state index in [9.17, 15) is 4.79 Å². The fraction of sp³-hybridized carbons (Fsp3) is 0.476. The molecule has 1 unspecified atom stereocenters. The van der Waals surface area contributed by atoms with E-state index in [1.54, 1.807) is 16.0 Å². The van der Waals surface area contributed by atoms with Crippen LogP contribution in [-0.2, 0) is 26.6 Å². The number of carbonyl (C=O) groups is 1. The van der Waals surface area contributed by atoms with Crippen LogP contribution in [0, 0.1) is 13.8 Å². The van der Waals surface area contributed by atoms with Gasteiger partial charge in [-0.15, -0.1) is 11.3 Å². The SMILES string of the molecule is CCC(NC(=O)c1csc2c1CCN(Cc1c(C)noc1C)C2)c1cnn(C)c1. The number of nitrogens with zero attached hydrogens (tertiary/aromatic N) is 4. The van der Waals surface area contributed by atoms with Crippen LogP contribution in [0.1, 0.15) is 62.8 Å². The van der Waals surface area contributed by atoms with E-state index in [4.69, 9.17) is 4.52 Å². The van der Waals surface area contributed by atoms with Gasteiger partial charge < -0.3 is 9.84 Å². The number of rotatable bonds is 6. The summed E-state index contributed by atoms with van der Waals surface area (Å²) >= 11 is 1.68. The molecule has 1 N–H and O–H groups in total. The summed E-state index contributed by atoms with van der Waals surface area (Å²) in [7, 11) is 1.89. The molecule has 3 aromatic rings. The molecule has 4 rings (SSSR count). The van der Waals surface area contributed by atoms with Gasteiger partial charge >= 0.3 is 0 Å². The van der Waals surface area contributed by atoms with E-state index < -0.39 is 0 Å². The van der Waals surface area contributed by atoms with Gasteiger partial charge in [-0.05, 0) is 32.3 Å². The van der Waals surface area contributed by atoms with Crippen LogP contribution in [0.5, 0.6) is 0 Å². The third-order valence-electron chi connectivity index (χ3n) is 5.67. The lowest BCUT2D eigenvalue weighted by Crippen LogP contribution is -2.32. The minimum atomic E-state index is -0.0219. The molecule has 1 aliphatic rings. The highest BCUT2D eigenvalue weighted by atomic mass is 32.1. The van der Waals surface area contributed by atoms with Gasteiger partial charge in [0, 0.05) is 54.3 Å². The van der Waals surface area contributed by atoms with E-state index in [1.807, 2.05) is 38.7 Å². The lowest BCUT2D eigenvalue weighted by Gasteiger charge is -2.27. The standard InChI is InChI=1S/C21H27N5O2S/c1-5-19(15-8-22-25(4)9-15)23-21(27)18-12-29-20-11-26(7-6-16(18)20)10-17-13(2)24-28-14(17)3/h8-9,12,19H,5-7,10-11H2,1-4H3,(H,23,27). The minimum absolute atomic E-state index is 0.0115. The largest absolute Gasteiger partial charge is 0.361 e. The maximum atomic E-state index is 13.0. The van der Waals surface area contributed by atoms with E-state index in [1.165, 1.54) is 16.0 Å². The molecular formula is C21H27N5O2S. The van der Waals surface area contributed by atoms with Gasteiger partial charge in [0.1, 0.15) is 5.76 Å². The van der Waals surface area contributed by atoms with Gasteiger partial charge in [-0.3, -0.25) is 14.4 Å². The Morgan fingerprint density at radius 1 is 1.41 bits per heavy atom. The van der Waals surface area contributed by atoms with Crippen molar-refractivity contribution in [3.63, 3.8) is 0 Å². The number of carbonyl (C=O) groups excluding carboxylic acids is 1. The normalized spacial score (nSPS) is 15.3. The van der Waals surface area contributed by atoms with Gasteiger partial charge in [-0.1, -0.05) is 12.1 Å². The van der Waals surface area contributed by atoms with Crippen LogP contribution in [0.4, 0.5) is 0 Å². The molecule has 8 heteroatoms. The quantitative estimate of drug-likeness (QED) is 0.669. The molecule has 1 amide bonds. The Balaban J connectivity index is 1.45. The van der Waals surface area contributed by atoms with E-state index in [0.717, 1.165) is 55.1 Å². The first-order valence-electron chi connectivity index (χ1n) is 9.99. The van der Waals surface area contributed by atoms with Crippen molar-refractivity contribution in [1.29, 1.82) is 0 Å². The van der Waals surface area contributed by atoms with Crippen LogP contribution >= 0.6 is 11.3 Å². The number of aryl methyl sites for hydroxylation is 3. The zero-order valence-electron chi connectivity index (χ0n) is 17.4. The molecule has 0 saturated carbocycles. The Hall–Kier alpha value is -2.45. The second-order valence-electron chi connectivity index (χ2n) is 7.70. The number of nitrogens with one attached hydrogen (secondary N) is 1. The molecule has 7 nitrogen and oxygen atoms in total. The molecule has 0 spiro atoms. The zero-order valence-corrected chi connectivity index (χ0v) is 18.2. The summed E-state index contributed by atoms with van der Waals surface area (Å²) in [6.45, 7) is 8.64. The molecule has 1 aliphatic heterocycles. The van der Waals surface area contributed by atoms with Crippen LogP contribution in [0.25, 0.3) is 0 Å². The maximum absolute atomic E-state index is 13.0. The van der Waals surface area contributed by atoms with E-state index in [0.29, 0.717) is 0 Å². The Labute approximate surface area is 174 Å². The fourth-order valence-corrected chi connectivity index (χ4v) is 5.06. The molecule has 1 atom stereocenters. The number of amides is 1. The smallest absolute Gasteiger partial charge is 0.252 e. The Morgan fingerprint density at radius 3 is 2.90 bits per heavy atom. The first-order chi connectivity index (χ1) is 14.0. The first kappa shape index (κ1) is 19.8. The number of hydrogen-bond donors (Lipinski definition) is 1. The molecule has 0 aliphatic carbocycles. The summed E-state index contributed by atoms with van der Waals surface area (Å²) in [6.07, 6.45) is 5.50. The van der Waals surface area contributed by atoms with Crippen LogP contribution in [0.2, 0.25) is 0 Å². The number of fused-ring (bicyclic) bond motifs is 1. The molecule has 0 bridgehead atoms. The molecule has 4 heterocycles. The summed E-state index contributed by atoms with van der Waals surface area (Å²) in [6, 6.07) is -0.0219. The van der Waals surface area contributed by atoms with Crippen molar-refractivity contribution in [3.8, 4) is 0 Å². The monoisotopic (exact) mass is 413 g/mol. The van der Waals surface area contributed by atoms with Crippen molar-refractivity contribution in [2.45, 2.75) is 52.7 Å². The second-order valence-corrected chi connectivity index (χ2v) is 8.66. The third-order valence-corrected chi connectivity index (χ3v) is 6.69. The Kier molecular flexibility index (Phi) is 5.56. The minimum Gasteiger partial charge on any atom is -0.361 e. The Bertz CT molecular complexity index is 999. The first-order valence-corrected chi connectivity index (χ1v) is 10.9. The van der Waals surface area contributed by atoms with Crippen LogP contribution in [0.3, 0.4) is 0 Å². The highest BCUT2D eigenvalue weighted by molar-refractivity contribution is 7.10. The molecule has 29 heavy (non-hydrogen) atoms. The van der Waals surface area contributed by atoms with Crippen LogP contribution in [0.15, 0.2) is 22.3 Å². The van der Waals surface area contributed by atoms with Crippen LogP contribution in [-0.4, -0.2) is 32.3 Å². The average Bonchev–Trinajstić information content (AvgIpc) is 3.41. The Morgan fingerprint density at radius 2 is 2.24 bits per heavy atom. The van der Waals surface area contributed by atoms with Crippen molar-refractivity contribution >= 4 is 17.2 Å². The lowest BCUT2D eigenvalue weighted by molar-refractivity contribution is 0.0934. The molecule has 0 aromatic carbocycles. The third kappa shape index (κ3) is 4.00. The van der Waals surface area contributed by atoms with E-state index >= 15 is 0 Å². The van der Waals surface area contributed by atoms with Gasteiger partial charge in [0.15, 0.2) is 0 Å².